The van der Waals surface area contributed by atoms with E-state index in [2.05, 4.69) is 4.74 Å². The van der Waals surface area contributed by atoms with E-state index in [9.17, 15) is 14.4 Å². The van der Waals surface area contributed by atoms with Gasteiger partial charge in [-0.2, -0.15) is 0 Å². The molecule has 0 aromatic rings. The quantitative estimate of drug-likeness (QED) is 0.732. The summed E-state index contributed by atoms with van der Waals surface area (Å²) >= 11 is 0. The molecular formula is C12H20N2O5. The Hall–Kier alpha value is -1.79. The van der Waals surface area contributed by atoms with E-state index in [0.29, 0.717) is 32.5 Å². The fourth-order valence-electron chi connectivity index (χ4n) is 2.10. The molecule has 19 heavy (non-hydrogen) atoms. The topological polar surface area (TPSA) is 87.2 Å². The number of ether oxygens (including phenoxy) is 1. The highest BCUT2D eigenvalue weighted by Gasteiger charge is 2.32. The third-order valence-electron chi connectivity index (χ3n) is 3.20. The second-order valence-electron chi connectivity index (χ2n) is 4.66. The van der Waals surface area contributed by atoms with E-state index >= 15 is 0 Å². The van der Waals surface area contributed by atoms with Gasteiger partial charge < -0.3 is 19.6 Å². The van der Waals surface area contributed by atoms with Crippen molar-refractivity contribution in [2.75, 3.05) is 33.8 Å². The second kappa shape index (κ2) is 6.96. The van der Waals surface area contributed by atoms with Crippen LogP contribution < -0.4 is 0 Å². The van der Waals surface area contributed by atoms with E-state index in [1.54, 1.807) is 11.9 Å². The predicted octanol–water partition coefficient (Wildman–Crippen LogP) is 0.398. The number of hydrogen-bond donors (Lipinski definition) is 1. The Labute approximate surface area is 112 Å². The largest absolute Gasteiger partial charge is 0.481 e. The van der Waals surface area contributed by atoms with Crippen LogP contribution in [0.25, 0.3) is 0 Å². The van der Waals surface area contributed by atoms with Gasteiger partial charge in [0, 0.05) is 33.1 Å². The number of carbonyl (C=O) groups excluding carboxylic acids is 2. The van der Waals surface area contributed by atoms with Crippen molar-refractivity contribution in [3.63, 3.8) is 0 Å². The van der Waals surface area contributed by atoms with Crippen molar-refractivity contribution < 1.29 is 24.2 Å². The van der Waals surface area contributed by atoms with Crippen LogP contribution >= 0.6 is 0 Å². The maximum atomic E-state index is 12.0. The number of amides is 2. The molecule has 1 rings (SSSR count). The molecule has 0 spiro atoms. The molecule has 0 saturated carbocycles. The minimum absolute atomic E-state index is 0.0441. The molecular weight excluding hydrogens is 252 g/mol. The molecule has 2 amide bonds. The number of carboxylic acid groups (broad SMARTS) is 1. The standard InChI is InChI=1S/C12H20N2O5/c1-13(6-3-4-10(15)16)12(18)14-7-5-9(8-14)11(17)19-2/h9H,3-8H2,1-2H3,(H,15,16). The summed E-state index contributed by atoms with van der Waals surface area (Å²) in [4.78, 5) is 36.9. The number of esters is 1. The van der Waals surface area contributed by atoms with Crippen LogP contribution in [0.1, 0.15) is 19.3 Å². The van der Waals surface area contributed by atoms with Crippen molar-refractivity contribution in [1.82, 2.24) is 9.80 Å². The number of likely N-dealkylation sites (tertiary alicyclic amines) is 1. The molecule has 0 aromatic heterocycles. The first-order valence-electron chi connectivity index (χ1n) is 6.25. The van der Waals surface area contributed by atoms with E-state index in [4.69, 9.17) is 5.11 Å². The fourth-order valence-corrected chi connectivity index (χ4v) is 2.10. The van der Waals surface area contributed by atoms with Crippen molar-refractivity contribution in [1.29, 1.82) is 0 Å². The average Bonchev–Trinajstić information content (AvgIpc) is 2.85. The van der Waals surface area contributed by atoms with Gasteiger partial charge in [-0.1, -0.05) is 0 Å². The molecule has 0 radical (unpaired) electrons. The molecule has 1 heterocycles. The van der Waals surface area contributed by atoms with Crippen LogP contribution in [0.15, 0.2) is 0 Å². The van der Waals surface area contributed by atoms with Crippen LogP contribution in [-0.2, 0) is 14.3 Å². The number of carbonyl (C=O) groups is 3. The molecule has 1 saturated heterocycles. The van der Waals surface area contributed by atoms with Crippen LogP contribution in [0.5, 0.6) is 0 Å². The van der Waals surface area contributed by atoms with Crippen LogP contribution in [-0.4, -0.2) is 66.7 Å². The minimum Gasteiger partial charge on any atom is -0.481 e. The van der Waals surface area contributed by atoms with Crippen molar-refractivity contribution >= 4 is 18.0 Å². The summed E-state index contributed by atoms with van der Waals surface area (Å²) < 4.78 is 4.66. The number of rotatable bonds is 5. The summed E-state index contributed by atoms with van der Waals surface area (Å²) in [6, 6.07) is -0.170. The highest BCUT2D eigenvalue weighted by atomic mass is 16.5. The lowest BCUT2D eigenvalue weighted by molar-refractivity contribution is -0.145. The first kappa shape index (κ1) is 15.3. The zero-order chi connectivity index (χ0) is 14.4. The van der Waals surface area contributed by atoms with E-state index in [1.165, 1.54) is 12.0 Å². The lowest BCUT2D eigenvalue weighted by Gasteiger charge is -2.24. The summed E-state index contributed by atoms with van der Waals surface area (Å²) in [7, 11) is 2.97. The van der Waals surface area contributed by atoms with E-state index in [-0.39, 0.29) is 24.3 Å². The highest BCUT2D eigenvalue weighted by Crippen LogP contribution is 2.18. The number of nitrogens with zero attached hydrogens (tertiary/aromatic N) is 2. The Morgan fingerprint density at radius 3 is 2.68 bits per heavy atom. The predicted molar refractivity (Wildman–Crippen MR) is 66.6 cm³/mol. The lowest BCUT2D eigenvalue weighted by Crippen LogP contribution is -2.40. The third kappa shape index (κ3) is 4.42. The third-order valence-corrected chi connectivity index (χ3v) is 3.20. The molecule has 1 unspecified atom stereocenters. The van der Waals surface area contributed by atoms with Crippen molar-refractivity contribution in [3.8, 4) is 0 Å². The van der Waals surface area contributed by atoms with Crippen LogP contribution in [0.4, 0.5) is 4.79 Å². The Balaban J connectivity index is 2.37. The molecule has 7 heteroatoms. The van der Waals surface area contributed by atoms with Crippen LogP contribution in [0.2, 0.25) is 0 Å². The molecule has 1 aliphatic rings. The summed E-state index contributed by atoms with van der Waals surface area (Å²) in [5, 5.41) is 8.53. The zero-order valence-corrected chi connectivity index (χ0v) is 11.3. The van der Waals surface area contributed by atoms with Gasteiger partial charge in [0.2, 0.25) is 0 Å². The molecule has 7 nitrogen and oxygen atoms in total. The van der Waals surface area contributed by atoms with Gasteiger partial charge in [0.25, 0.3) is 0 Å². The molecule has 0 aromatic carbocycles. The van der Waals surface area contributed by atoms with Crippen LogP contribution in [0.3, 0.4) is 0 Å². The molecule has 1 N–H and O–H groups in total. The summed E-state index contributed by atoms with van der Waals surface area (Å²) in [6.45, 7) is 1.29. The molecule has 0 aliphatic carbocycles. The Morgan fingerprint density at radius 1 is 1.42 bits per heavy atom. The number of hydrogen-bond acceptors (Lipinski definition) is 4. The van der Waals surface area contributed by atoms with Crippen molar-refractivity contribution in [3.05, 3.63) is 0 Å². The van der Waals surface area contributed by atoms with Gasteiger partial charge in [0.15, 0.2) is 0 Å². The maximum Gasteiger partial charge on any atom is 0.319 e. The van der Waals surface area contributed by atoms with Gasteiger partial charge in [-0.3, -0.25) is 9.59 Å². The highest BCUT2D eigenvalue weighted by molar-refractivity contribution is 5.78. The SMILES string of the molecule is COC(=O)C1CCN(C(=O)N(C)CCCC(=O)O)C1. The Kier molecular flexibility index (Phi) is 5.59. The zero-order valence-electron chi connectivity index (χ0n) is 11.3. The summed E-state index contributed by atoms with van der Waals surface area (Å²) in [5.41, 5.74) is 0. The first-order valence-corrected chi connectivity index (χ1v) is 6.25. The van der Waals surface area contributed by atoms with Crippen molar-refractivity contribution in [2.24, 2.45) is 5.92 Å². The number of aliphatic carboxylic acids is 1. The Morgan fingerprint density at radius 2 is 2.11 bits per heavy atom. The number of urea groups is 1. The van der Waals surface area contributed by atoms with Crippen LogP contribution in [0, 0.1) is 5.92 Å². The summed E-state index contributed by atoms with van der Waals surface area (Å²) in [6.07, 6.45) is 1.08. The van der Waals surface area contributed by atoms with Gasteiger partial charge in [0.1, 0.15) is 0 Å². The number of methoxy groups -OCH3 is 1. The molecule has 1 atom stereocenters. The number of carboxylic acids is 1. The monoisotopic (exact) mass is 272 g/mol. The smallest absolute Gasteiger partial charge is 0.319 e. The fraction of sp³-hybridized carbons (Fsp3) is 0.750. The normalized spacial score (nSPS) is 18.2. The second-order valence-corrected chi connectivity index (χ2v) is 4.66. The van der Waals surface area contributed by atoms with Gasteiger partial charge in [-0.25, -0.2) is 4.79 Å². The van der Waals surface area contributed by atoms with E-state index < -0.39 is 5.97 Å². The molecule has 1 aliphatic heterocycles. The Bertz CT molecular complexity index is 358. The first-order chi connectivity index (χ1) is 8.95. The van der Waals surface area contributed by atoms with Gasteiger partial charge in [0.05, 0.1) is 13.0 Å². The summed E-state index contributed by atoms with van der Waals surface area (Å²) in [5.74, 6) is -1.40. The minimum atomic E-state index is -0.868. The lowest BCUT2D eigenvalue weighted by atomic mass is 10.1. The van der Waals surface area contributed by atoms with Gasteiger partial charge in [-0.05, 0) is 12.8 Å². The maximum absolute atomic E-state index is 12.0. The molecule has 1 fully saturated rings. The molecule has 108 valence electrons. The van der Waals surface area contributed by atoms with Gasteiger partial charge in [-0.15, -0.1) is 0 Å². The van der Waals surface area contributed by atoms with Crippen molar-refractivity contribution in [2.45, 2.75) is 19.3 Å². The van der Waals surface area contributed by atoms with Gasteiger partial charge >= 0.3 is 18.0 Å². The van der Waals surface area contributed by atoms with E-state index in [0.717, 1.165) is 0 Å². The average molecular weight is 272 g/mol. The molecule has 0 bridgehead atoms. The van der Waals surface area contributed by atoms with E-state index in [1.807, 2.05) is 0 Å².